The lowest BCUT2D eigenvalue weighted by Gasteiger charge is -2.06. The number of hydrogen-bond donors (Lipinski definition) is 1. The highest BCUT2D eigenvalue weighted by atomic mass is 79.9. The highest BCUT2D eigenvalue weighted by Crippen LogP contribution is 2.22. The van der Waals surface area contributed by atoms with Gasteiger partial charge in [-0.3, -0.25) is 0 Å². The second kappa shape index (κ2) is 4.85. The molecule has 1 aromatic heterocycles. The molecule has 82 valence electrons. The molecule has 1 N–H and O–H groups in total. The smallest absolute Gasteiger partial charge is 0.130 e. The number of pyridine rings is 1. The fourth-order valence-electron chi connectivity index (χ4n) is 1.27. The van der Waals surface area contributed by atoms with Gasteiger partial charge in [0.25, 0.3) is 0 Å². The number of benzene rings is 1. The molecule has 1 heterocycles. The fraction of sp³-hybridized carbons (Fsp3) is 0.0833. The van der Waals surface area contributed by atoms with Gasteiger partial charge in [-0.15, -0.1) is 0 Å². The molecule has 2 aromatic rings. The van der Waals surface area contributed by atoms with Crippen molar-refractivity contribution in [1.29, 1.82) is 0 Å². The summed E-state index contributed by atoms with van der Waals surface area (Å²) in [5, 5.41) is 3.93. The van der Waals surface area contributed by atoms with Crippen molar-refractivity contribution >= 4 is 39.0 Å². The van der Waals surface area contributed by atoms with Crippen LogP contribution in [0.4, 0.5) is 11.5 Å². The van der Waals surface area contributed by atoms with Crippen LogP contribution in [0.2, 0.25) is 5.02 Å². The van der Waals surface area contributed by atoms with Crippen molar-refractivity contribution in [1.82, 2.24) is 4.98 Å². The normalized spacial score (nSPS) is 10.2. The van der Waals surface area contributed by atoms with Gasteiger partial charge < -0.3 is 5.32 Å². The monoisotopic (exact) mass is 296 g/mol. The van der Waals surface area contributed by atoms with Crippen LogP contribution in [0.3, 0.4) is 0 Å². The first-order valence-corrected chi connectivity index (χ1v) is 5.97. The van der Waals surface area contributed by atoms with E-state index in [1.54, 1.807) is 6.20 Å². The van der Waals surface area contributed by atoms with Gasteiger partial charge in [-0.2, -0.15) is 0 Å². The van der Waals surface area contributed by atoms with Crippen LogP contribution < -0.4 is 5.32 Å². The van der Waals surface area contributed by atoms with E-state index in [0.29, 0.717) is 0 Å². The van der Waals surface area contributed by atoms with Gasteiger partial charge in [0.1, 0.15) is 5.82 Å². The molecule has 16 heavy (non-hydrogen) atoms. The number of halogens is 2. The number of aromatic nitrogens is 1. The molecule has 0 bridgehead atoms. The number of nitrogens with zero attached hydrogens (tertiary/aromatic N) is 1. The first-order chi connectivity index (χ1) is 7.65. The molecule has 0 saturated heterocycles. The van der Waals surface area contributed by atoms with E-state index in [0.717, 1.165) is 26.6 Å². The predicted octanol–water partition coefficient (Wildman–Crippen LogP) is 4.55. The van der Waals surface area contributed by atoms with E-state index in [9.17, 15) is 0 Å². The van der Waals surface area contributed by atoms with Crippen LogP contribution in [0, 0.1) is 6.92 Å². The number of rotatable bonds is 2. The summed E-state index contributed by atoms with van der Waals surface area (Å²) in [5.74, 6) is 0.795. The zero-order valence-corrected chi connectivity index (χ0v) is 11.0. The summed E-state index contributed by atoms with van der Waals surface area (Å²) in [6.45, 7) is 1.98. The Bertz CT molecular complexity index is 497. The molecule has 0 spiro atoms. The average molecular weight is 298 g/mol. The summed E-state index contributed by atoms with van der Waals surface area (Å²) in [4.78, 5) is 4.22. The third-order valence-corrected chi connectivity index (χ3v) is 3.05. The molecule has 2 rings (SSSR count). The molecule has 2 nitrogen and oxygen atoms in total. The van der Waals surface area contributed by atoms with Crippen molar-refractivity contribution in [2.24, 2.45) is 0 Å². The Morgan fingerprint density at radius 3 is 2.69 bits per heavy atom. The van der Waals surface area contributed by atoms with E-state index in [1.807, 2.05) is 37.3 Å². The van der Waals surface area contributed by atoms with Crippen LogP contribution in [-0.2, 0) is 0 Å². The summed E-state index contributed by atoms with van der Waals surface area (Å²) in [7, 11) is 0. The zero-order chi connectivity index (χ0) is 11.5. The van der Waals surface area contributed by atoms with Crippen molar-refractivity contribution in [2.45, 2.75) is 6.92 Å². The van der Waals surface area contributed by atoms with Crippen LogP contribution in [-0.4, -0.2) is 4.98 Å². The van der Waals surface area contributed by atoms with Gasteiger partial charge in [-0.1, -0.05) is 17.7 Å². The van der Waals surface area contributed by atoms with Gasteiger partial charge in [-0.05, 0) is 52.7 Å². The van der Waals surface area contributed by atoms with E-state index >= 15 is 0 Å². The number of nitrogens with one attached hydrogen (secondary N) is 1. The summed E-state index contributed by atoms with van der Waals surface area (Å²) in [5.41, 5.74) is 2.00. The van der Waals surface area contributed by atoms with Gasteiger partial charge >= 0.3 is 0 Å². The van der Waals surface area contributed by atoms with Crippen LogP contribution in [0.25, 0.3) is 0 Å². The minimum Gasteiger partial charge on any atom is -0.340 e. The van der Waals surface area contributed by atoms with Crippen LogP contribution in [0.1, 0.15) is 5.56 Å². The van der Waals surface area contributed by atoms with Crippen LogP contribution in [0.5, 0.6) is 0 Å². The Morgan fingerprint density at radius 1 is 1.25 bits per heavy atom. The highest BCUT2D eigenvalue weighted by molar-refractivity contribution is 9.10. The lowest BCUT2D eigenvalue weighted by Crippen LogP contribution is -1.93. The van der Waals surface area contributed by atoms with Gasteiger partial charge in [0.15, 0.2) is 0 Å². The molecule has 0 aliphatic rings. The van der Waals surface area contributed by atoms with Crippen molar-refractivity contribution in [3.63, 3.8) is 0 Å². The first kappa shape index (κ1) is 11.4. The van der Waals surface area contributed by atoms with E-state index in [1.165, 1.54) is 0 Å². The molecule has 4 heteroatoms. The summed E-state index contributed by atoms with van der Waals surface area (Å²) < 4.78 is 0.958. The third-order valence-electron chi connectivity index (χ3n) is 2.17. The Labute approximate surface area is 108 Å². The molecule has 1 aromatic carbocycles. The topological polar surface area (TPSA) is 24.9 Å². The fourth-order valence-corrected chi connectivity index (χ4v) is 1.68. The van der Waals surface area contributed by atoms with Crippen molar-refractivity contribution in [3.8, 4) is 0 Å². The zero-order valence-electron chi connectivity index (χ0n) is 8.67. The van der Waals surface area contributed by atoms with Gasteiger partial charge in [0, 0.05) is 21.4 Å². The van der Waals surface area contributed by atoms with Gasteiger partial charge in [0.2, 0.25) is 0 Å². The molecule has 0 amide bonds. The van der Waals surface area contributed by atoms with E-state index in [2.05, 4.69) is 26.2 Å². The quantitative estimate of drug-likeness (QED) is 0.879. The summed E-state index contributed by atoms with van der Waals surface area (Å²) >= 11 is 9.38. The Kier molecular flexibility index (Phi) is 3.46. The van der Waals surface area contributed by atoms with Gasteiger partial charge in [-0.25, -0.2) is 4.98 Å². The van der Waals surface area contributed by atoms with Crippen molar-refractivity contribution < 1.29 is 0 Å². The largest absolute Gasteiger partial charge is 0.340 e. The second-order valence-corrected chi connectivity index (χ2v) is 4.77. The van der Waals surface area contributed by atoms with E-state index in [-0.39, 0.29) is 0 Å². The average Bonchev–Trinajstić information content (AvgIpc) is 2.27. The molecular formula is C12H10BrClN2. The SMILES string of the molecule is Cc1ccc(Nc2ccc(Br)cn2)cc1Cl. The predicted molar refractivity (Wildman–Crippen MR) is 71.4 cm³/mol. The maximum atomic E-state index is 6.04. The van der Waals surface area contributed by atoms with E-state index < -0.39 is 0 Å². The third kappa shape index (κ3) is 2.74. The van der Waals surface area contributed by atoms with E-state index in [4.69, 9.17) is 11.6 Å². The minimum atomic E-state index is 0.752. The molecule has 0 saturated carbocycles. The maximum absolute atomic E-state index is 6.04. The standard InChI is InChI=1S/C12H10BrClN2/c1-8-2-4-10(6-11(8)14)16-12-5-3-9(13)7-15-12/h2-7H,1H3,(H,15,16). The maximum Gasteiger partial charge on any atom is 0.130 e. The van der Waals surface area contributed by atoms with Crippen molar-refractivity contribution in [2.75, 3.05) is 5.32 Å². The first-order valence-electron chi connectivity index (χ1n) is 4.80. The molecule has 0 unspecified atom stereocenters. The van der Waals surface area contributed by atoms with Gasteiger partial charge in [0.05, 0.1) is 0 Å². The Morgan fingerprint density at radius 2 is 2.06 bits per heavy atom. The van der Waals surface area contributed by atoms with Crippen LogP contribution in [0.15, 0.2) is 41.0 Å². The number of hydrogen-bond acceptors (Lipinski definition) is 2. The second-order valence-electron chi connectivity index (χ2n) is 3.45. The minimum absolute atomic E-state index is 0.752. The Balaban J connectivity index is 2.20. The molecule has 0 atom stereocenters. The molecule has 0 radical (unpaired) electrons. The molecule has 0 aliphatic carbocycles. The molecule has 0 aliphatic heterocycles. The lowest BCUT2D eigenvalue weighted by atomic mass is 10.2. The Hall–Kier alpha value is -1.06. The number of aryl methyl sites for hydroxylation is 1. The number of anilines is 2. The van der Waals surface area contributed by atoms with Crippen molar-refractivity contribution in [3.05, 3.63) is 51.6 Å². The summed E-state index contributed by atoms with van der Waals surface area (Å²) in [6, 6.07) is 9.68. The lowest BCUT2D eigenvalue weighted by molar-refractivity contribution is 1.29. The molecular weight excluding hydrogens is 288 g/mol. The summed E-state index contributed by atoms with van der Waals surface area (Å²) in [6.07, 6.45) is 1.75. The highest BCUT2D eigenvalue weighted by Gasteiger charge is 1.99. The molecule has 0 fully saturated rings. The van der Waals surface area contributed by atoms with Crippen LogP contribution >= 0.6 is 27.5 Å².